The van der Waals surface area contributed by atoms with Crippen LogP contribution in [-0.4, -0.2) is 36.7 Å². The molecule has 1 amide bonds. The monoisotopic (exact) mass is 406 g/mol. The second kappa shape index (κ2) is 9.94. The molecule has 0 N–H and O–H groups in total. The Bertz CT molecular complexity index is 861. The Hall–Kier alpha value is -3.05. The predicted octanol–water partition coefficient (Wildman–Crippen LogP) is 4.06. The molecule has 0 fully saturated rings. The third-order valence-electron chi connectivity index (χ3n) is 4.12. The van der Waals surface area contributed by atoms with E-state index in [9.17, 15) is 18.0 Å². The summed E-state index contributed by atoms with van der Waals surface area (Å²) in [5.41, 5.74) is 1.61. The highest BCUT2D eigenvalue weighted by atomic mass is 19.4. The number of carbonyl (C=O) groups excluding carboxylic acids is 1. The molecule has 0 heterocycles. The molecule has 0 aliphatic carbocycles. The molecule has 29 heavy (non-hydrogen) atoms. The molecule has 2 rings (SSSR count). The van der Waals surface area contributed by atoms with Crippen molar-refractivity contribution >= 4 is 5.91 Å². The van der Waals surface area contributed by atoms with E-state index in [0.717, 1.165) is 5.56 Å². The van der Waals surface area contributed by atoms with Crippen LogP contribution in [0.4, 0.5) is 13.2 Å². The number of benzene rings is 2. The predicted molar refractivity (Wildman–Crippen MR) is 99.9 cm³/mol. The second-order valence-corrected chi connectivity index (χ2v) is 6.42. The standard InChI is InChI=1S/C21H21F3N2O3/c1-15(29-13-18-4-3-5-19(10-18)28-2)20(27)26(14-21(22,23)24)12-17-8-6-16(11-25)7-9-17/h3-10,15H,12-14H2,1-2H3. The Kier molecular flexibility index (Phi) is 7.62. The zero-order valence-electron chi connectivity index (χ0n) is 16.1. The molecule has 0 saturated carbocycles. The number of methoxy groups -OCH3 is 1. The number of hydrogen-bond acceptors (Lipinski definition) is 4. The smallest absolute Gasteiger partial charge is 0.406 e. The third-order valence-corrected chi connectivity index (χ3v) is 4.12. The normalized spacial score (nSPS) is 12.1. The van der Waals surface area contributed by atoms with Crippen molar-refractivity contribution in [1.29, 1.82) is 5.26 Å². The van der Waals surface area contributed by atoms with Gasteiger partial charge < -0.3 is 14.4 Å². The van der Waals surface area contributed by atoms with Gasteiger partial charge in [-0.2, -0.15) is 18.4 Å². The lowest BCUT2D eigenvalue weighted by atomic mass is 10.1. The zero-order valence-corrected chi connectivity index (χ0v) is 16.1. The van der Waals surface area contributed by atoms with Gasteiger partial charge in [0.2, 0.25) is 0 Å². The van der Waals surface area contributed by atoms with Gasteiger partial charge in [0.15, 0.2) is 0 Å². The van der Waals surface area contributed by atoms with Gasteiger partial charge in [-0.1, -0.05) is 24.3 Å². The van der Waals surface area contributed by atoms with Crippen molar-refractivity contribution in [2.75, 3.05) is 13.7 Å². The number of amides is 1. The van der Waals surface area contributed by atoms with Gasteiger partial charge in [-0.25, -0.2) is 0 Å². The topological polar surface area (TPSA) is 62.6 Å². The second-order valence-electron chi connectivity index (χ2n) is 6.42. The van der Waals surface area contributed by atoms with Gasteiger partial charge in [0.25, 0.3) is 5.91 Å². The molecule has 2 aromatic carbocycles. The maximum atomic E-state index is 13.0. The van der Waals surface area contributed by atoms with E-state index >= 15 is 0 Å². The Labute approximate surface area is 167 Å². The van der Waals surface area contributed by atoms with E-state index in [2.05, 4.69) is 0 Å². The fourth-order valence-corrected chi connectivity index (χ4v) is 2.65. The molecule has 0 radical (unpaired) electrons. The van der Waals surface area contributed by atoms with Crippen molar-refractivity contribution in [3.05, 3.63) is 65.2 Å². The number of nitrogens with zero attached hydrogens (tertiary/aromatic N) is 2. The molecular weight excluding hydrogens is 385 g/mol. The number of hydrogen-bond donors (Lipinski definition) is 0. The molecule has 154 valence electrons. The molecule has 8 heteroatoms. The minimum atomic E-state index is -4.55. The lowest BCUT2D eigenvalue weighted by Gasteiger charge is -2.27. The Balaban J connectivity index is 2.07. The highest BCUT2D eigenvalue weighted by Gasteiger charge is 2.34. The molecular formula is C21H21F3N2O3. The Morgan fingerprint density at radius 1 is 1.17 bits per heavy atom. The molecule has 1 atom stereocenters. The summed E-state index contributed by atoms with van der Waals surface area (Å²) in [4.78, 5) is 13.3. The van der Waals surface area contributed by atoms with Crippen LogP contribution in [0.25, 0.3) is 0 Å². The molecule has 0 saturated heterocycles. The van der Waals surface area contributed by atoms with E-state index < -0.39 is 24.7 Å². The lowest BCUT2D eigenvalue weighted by Crippen LogP contribution is -2.43. The summed E-state index contributed by atoms with van der Waals surface area (Å²) >= 11 is 0. The first-order valence-corrected chi connectivity index (χ1v) is 8.81. The average Bonchev–Trinajstić information content (AvgIpc) is 2.70. The minimum Gasteiger partial charge on any atom is -0.497 e. The van der Waals surface area contributed by atoms with Crippen molar-refractivity contribution in [3.63, 3.8) is 0 Å². The van der Waals surface area contributed by atoms with E-state index in [1.54, 1.807) is 24.3 Å². The maximum Gasteiger partial charge on any atom is 0.406 e. The molecule has 0 aliphatic heterocycles. The van der Waals surface area contributed by atoms with Crippen LogP contribution in [0.3, 0.4) is 0 Å². The van der Waals surface area contributed by atoms with Crippen molar-refractivity contribution in [2.45, 2.75) is 32.4 Å². The highest BCUT2D eigenvalue weighted by Crippen LogP contribution is 2.20. The zero-order chi connectivity index (χ0) is 21.4. The maximum absolute atomic E-state index is 13.0. The highest BCUT2D eigenvalue weighted by molar-refractivity contribution is 5.80. The van der Waals surface area contributed by atoms with Gasteiger partial charge in [-0.05, 0) is 42.3 Å². The fourth-order valence-electron chi connectivity index (χ4n) is 2.65. The first-order valence-electron chi connectivity index (χ1n) is 8.81. The van der Waals surface area contributed by atoms with Crippen LogP contribution in [0.1, 0.15) is 23.6 Å². The van der Waals surface area contributed by atoms with Crippen LogP contribution < -0.4 is 4.74 Å². The van der Waals surface area contributed by atoms with E-state index in [4.69, 9.17) is 14.7 Å². The summed E-state index contributed by atoms with van der Waals surface area (Å²) in [5.74, 6) is -0.154. The quantitative estimate of drug-likeness (QED) is 0.663. The van der Waals surface area contributed by atoms with Crippen LogP contribution >= 0.6 is 0 Å². The minimum absolute atomic E-state index is 0.0564. The van der Waals surface area contributed by atoms with Gasteiger partial charge in [0.1, 0.15) is 18.4 Å². The first kappa shape index (κ1) is 22.2. The van der Waals surface area contributed by atoms with Crippen molar-refractivity contribution < 1.29 is 27.4 Å². The average molecular weight is 406 g/mol. The molecule has 0 bridgehead atoms. The number of ether oxygens (including phenoxy) is 2. The van der Waals surface area contributed by atoms with E-state index in [1.165, 1.54) is 38.3 Å². The van der Waals surface area contributed by atoms with Crippen LogP contribution in [0.5, 0.6) is 5.75 Å². The van der Waals surface area contributed by atoms with Crippen LogP contribution in [0, 0.1) is 11.3 Å². The molecule has 1 unspecified atom stereocenters. The SMILES string of the molecule is COc1cccc(COC(C)C(=O)N(Cc2ccc(C#N)cc2)CC(F)(F)F)c1. The van der Waals surface area contributed by atoms with Gasteiger partial charge in [0.05, 0.1) is 25.3 Å². The molecule has 0 spiro atoms. The number of nitriles is 1. The summed E-state index contributed by atoms with van der Waals surface area (Å²) in [6.07, 6.45) is -5.61. The van der Waals surface area contributed by atoms with Crippen molar-refractivity contribution in [1.82, 2.24) is 4.90 Å². The summed E-state index contributed by atoms with van der Waals surface area (Å²) in [6.45, 7) is -0.152. The largest absolute Gasteiger partial charge is 0.497 e. The number of carbonyl (C=O) groups is 1. The fraction of sp³-hybridized carbons (Fsp3) is 0.333. The van der Waals surface area contributed by atoms with Crippen LogP contribution in [0.2, 0.25) is 0 Å². The van der Waals surface area contributed by atoms with E-state index in [-0.39, 0.29) is 13.2 Å². The number of alkyl halides is 3. The molecule has 0 aromatic heterocycles. The Morgan fingerprint density at radius 3 is 2.45 bits per heavy atom. The summed E-state index contributed by atoms with van der Waals surface area (Å²) < 4.78 is 49.6. The van der Waals surface area contributed by atoms with E-state index in [0.29, 0.717) is 21.8 Å². The summed E-state index contributed by atoms with van der Waals surface area (Å²) in [6, 6.07) is 15.0. The molecule has 2 aromatic rings. The Morgan fingerprint density at radius 2 is 1.86 bits per heavy atom. The van der Waals surface area contributed by atoms with Crippen molar-refractivity contribution in [2.24, 2.45) is 0 Å². The number of halogens is 3. The van der Waals surface area contributed by atoms with Gasteiger partial charge >= 0.3 is 6.18 Å². The molecule has 0 aliphatic rings. The third kappa shape index (κ3) is 7.12. The van der Waals surface area contributed by atoms with Crippen molar-refractivity contribution in [3.8, 4) is 11.8 Å². The van der Waals surface area contributed by atoms with Gasteiger partial charge in [-0.15, -0.1) is 0 Å². The van der Waals surface area contributed by atoms with Crippen LogP contribution in [0.15, 0.2) is 48.5 Å². The summed E-state index contributed by atoms with van der Waals surface area (Å²) in [5, 5.41) is 8.82. The summed E-state index contributed by atoms with van der Waals surface area (Å²) in [7, 11) is 1.52. The first-order chi connectivity index (χ1) is 13.7. The molecule has 5 nitrogen and oxygen atoms in total. The van der Waals surface area contributed by atoms with Crippen LogP contribution in [-0.2, 0) is 22.7 Å². The van der Waals surface area contributed by atoms with Gasteiger partial charge in [-0.3, -0.25) is 4.79 Å². The van der Waals surface area contributed by atoms with E-state index in [1.807, 2.05) is 6.07 Å². The lowest BCUT2D eigenvalue weighted by molar-refractivity contribution is -0.169. The number of rotatable bonds is 8. The van der Waals surface area contributed by atoms with Gasteiger partial charge in [0, 0.05) is 6.54 Å².